The van der Waals surface area contributed by atoms with E-state index in [1.165, 1.54) is 0 Å². The normalized spacial score (nSPS) is 19.8. The molecule has 1 fully saturated rings. The molecular weight excluding hydrogens is 298 g/mol. The van der Waals surface area contributed by atoms with Gasteiger partial charge in [0.25, 0.3) is 0 Å². The number of carbonyl (C=O) groups is 1. The molecule has 3 rings (SSSR count). The summed E-state index contributed by atoms with van der Waals surface area (Å²) in [6.45, 7) is 8.89. The van der Waals surface area contributed by atoms with E-state index in [2.05, 4.69) is 20.3 Å². The van der Waals surface area contributed by atoms with Crippen LogP contribution in [-0.4, -0.2) is 50.8 Å². The number of nitrogens with one attached hydrogen (secondary N) is 1. The predicted octanol–water partition coefficient (Wildman–Crippen LogP) is 1.42. The topological polar surface area (TPSA) is 97.1 Å². The summed E-state index contributed by atoms with van der Waals surface area (Å²) in [5, 5.41) is 10.9. The first kappa shape index (κ1) is 15.7. The van der Waals surface area contributed by atoms with Gasteiger partial charge in [-0.05, 0) is 27.7 Å². The lowest BCUT2D eigenvalue weighted by molar-refractivity contribution is -0.140. The van der Waals surface area contributed by atoms with Crippen LogP contribution in [-0.2, 0) is 9.53 Å². The molecule has 0 radical (unpaired) electrons. The SMILES string of the molecule is Cc1nc([C@H]2CN(C(=O)[C@H](C)c3c(C)noc3C)CCO2)n[nH]1. The van der Waals surface area contributed by atoms with E-state index in [1.54, 1.807) is 4.90 Å². The van der Waals surface area contributed by atoms with E-state index < -0.39 is 0 Å². The second kappa shape index (κ2) is 6.11. The molecule has 0 spiro atoms. The summed E-state index contributed by atoms with van der Waals surface area (Å²) >= 11 is 0. The molecule has 2 aromatic rings. The Hall–Kier alpha value is -2.22. The van der Waals surface area contributed by atoms with Gasteiger partial charge in [0.15, 0.2) is 5.82 Å². The molecule has 23 heavy (non-hydrogen) atoms. The lowest BCUT2D eigenvalue weighted by atomic mass is 9.97. The van der Waals surface area contributed by atoms with Crippen LogP contribution in [0.15, 0.2) is 4.52 Å². The van der Waals surface area contributed by atoms with Crippen molar-refractivity contribution >= 4 is 5.91 Å². The molecular formula is C15H21N5O3. The maximum absolute atomic E-state index is 12.8. The number of carbonyl (C=O) groups excluding carboxylic acids is 1. The molecule has 0 unspecified atom stereocenters. The maximum Gasteiger partial charge on any atom is 0.230 e. The van der Waals surface area contributed by atoms with Crippen molar-refractivity contribution in [2.45, 2.75) is 39.7 Å². The van der Waals surface area contributed by atoms with Gasteiger partial charge in [-0.3, -0.25) is 9.89 Å². The Labute approximate surface area is 134 Å². The van der Waals surface area contributed by atoms with Crippen LogP contribution in [0.25, 0.3) is 0 Å². The number of rotatable bonds is 3. The highest BCUT2D eigenvalue weighted by Gasteiger charge is 2.32. The zero-order chi connectivity index (χ0) is 16.6. The largest absolute Gasteiger partial charge is 0.366 e. The van der Waals surface area contributed by atoms with Crippen LogP contribution in [0.1, 0.15) is 47.6 Å². The molecule has 3 heterocycles. The third kappa shape index (κ3) is 2.98. The molecule has 0 aromatic carbocycles. The van der Waals surface area contributed by atoms with Crippen molar-refractivity contribution in [3.05, 3.63) is 28.7 Å². The van der Waals surface area contributed by atoms with E-state index in [9.17, 15) is 4.79 Å². The van der Waals surface area contributed by atoms with Crippen LogP contribution in [0, 0.1) is 20.8 Å². The monoisotopic (exact) mass is 319 g/mol. The summed E-state index contributed by atoms with van der Waals surface area (Å²) in [6, 6.07) is 0. The second-order valence-electron chi connectivity index (χ2n) is 5.88. The summed E-state index contributed by atoms with van der Waals surface area (Å²) in [5.41, 5.74) is 1.63. The molecule has 8 heteroatoms. The van der Waals surface area contributed by atoms with Crippen molar-refractivity contribution in [1.82, 2.24) is 25.2 Å². The van der Waals surface area contributed by atoms with Crippen LogP contribution in [0.3, 0.4) is 0 Å². The first-order valence-electron chi connectivity index (χ1n) is 7.69. The molecule has 2 atom stereocenters. The van der Waals surface area contributed by atoms with Crippen LogP contribution in [0.4, 0.5) is 0 Å². The Morgan fingerprint density at radius 1 is 1.39 bits per heavy atom. The van der Waals surface area contributed by atoms with Gasteiger partial charge in [0.1, 0.15) is 17.7 Å². The molecule has 0 bridgehead atoms. The third-order valence-electron chi connectivity index (χ3n) is 4.17. The van der Waals surface area contributed by atoms with Crippen molar-refractivity contribution in [2.24, 2.45) is 0 Å². The molecule has 124 valence electrons. The van der Waals surface area contributed by atoms with Gasteiger partial charge >= 0.3 is 0 Å². The van der Waals surface area contributed by atoms with Crippen molar-refractivity contribution < 1.29 is 14.1 Å². The number of aromatic amines is 1. The fraction of sp³-hybridized carbons (Fsp3) is 0.600. The molecule has 1 N–H and O–H groups in total. The standard InChI is InChI=1S/C15H21N5O3/c1-8(13-9(2)19-23-10(13)3)15(21)20-5-6-22-12(7-20)14-16-11(4)17-18-14/h8,12H,5-7H2,1-4H3,(H,16,17,18)/t8-,12-/m1/s1. The Balaban J connectivity index is 1.74. The van der Waals surface area contributed by atoms with Gasteiger partial charge in [-0.2, -0.15) is 5.10 Å². The van der Waals surface area contributed by atoms with Gasteiger partial charge in [-0.15, -0.1) is 0 Å². The highest BCUT2D eigenvalue weighted by atomic mass is 16.5. The number of hydrogen-bond donors (Lipinski definition) is 1. The van der Waals surface area contributed by atoms with Gasteiger partial charge in [0.05, 0.1) is 24.8 Å². The highest BCUT2D eigenvalue weighted by Crippen LogP contribution is 2.27. The minimum absolute atomic E-state index is 0.0416. The number of H-pyrrole nitrogens is 1. The Kier molecular flexibility index (Phi) is 4.16. The second-order valence-corrected chi connectivity index (χ2v) is 5.88. The van der Waals surface area contributed by atoms with Gasteiger partial charge in [0.2, 0.25) is 5.91 Å². The average molecular weight is 319 g/mol. The quantitative estimate of drug-likeness (QED) is 0.919. The lowest BCUT2D eigenvalue weighted by Crippen LogP contribution is -2.44. The van der Waals surface area contributed by atoms with Crippen LogP contribution >= 0.6 is 0 Å². The summed E-state index contributed by atoms with van der Waals surface area (Å²) in [4.78, 5) is 18.9. The predicted molar refractivity (Wildman–Crippen MR) is 80.8 cm³/mol. The van der Waals surface area contributed by atoms with Gasteiger partial charge in [-0.25, -0.2) is 4.98 Å². The van der Waals surface area contributed by atoms with Crippen molar-refractivity contribution in [1.29, 1.82) is 0 Å². The van der Waals surface area contributed by atoms with Crippen molar-refractivity contribution in [3.8, 4) is 0 Å². The van der Waals surface area contributed by atoms with E-state index >= 15 is 0 Å². The number of aromatic nitrogens is 4. The van der Waals surface area contributed by atoms with Crippen molar-refractivity contribution in [2.75, 3.05) is 19.7 Å². The maximum atomic E-state index is 12.8. The molecule has 1 aliphatic heterocycles. The fourth-order valence-electron chi connectivity index (χ4n) is 3.02. The zero-order valence-electron chi connectivity index (χ0n) is 13.8. The first-order chi connectivity index (χ1) is 11.0. The number of nitrogens with zero attached hydrogens (tertiary/aromatic N) is 4. The van der Waals surface area contributed by atoms with Crippen LogP contribution in [0.2, 0.25) is 0 Å². The molecule has 2 aromatic heterocycles. The van der Waals surface area contributed by atoms with Gasteiger partial charge in [0, 0.05) is 12.1 Å². The average Bonchev–Trinajstić information content (AvgIpc) is 3.12. The fourth-order valence-corrected chi connectivity index (χ4v) is 3.02. The molecule has 8 nitrogen and oxygen atoms in total. The Bertz CT molecular complexity index is 688. The Morgan fingerprint density at radius 3 is 2.78 bits per heavy atom. The number of hydrogen-bond acceptors (Lipinski definition) is 6. The molecule has 0 saturated carbocycles. The van der Waals surface area contributed by atoms with Gasteiger partial charge in [-0.1, -0.05) is 5.16 Å². The number of aryl methyl sites for hydroxylation is 3. The first-order valence-corrected chi connectivity index (χ1v) is 7.69. The van der Waals surface area contributed by atoms with E-state index in [1.807, 2.05) is 27.7 Å². The summed E-state index contributed by atoms with van der Waals surface area (Å²) in [7, 11) is 0. The minimum atomic E-state index is -0.297. The van der Waals surface area contributed by atoms with Crippen molar-refractivity contribution in [3.63, 3.8) is 0 Å². The molecule has 1 saturated heterocycles. The summed E-state index contributed by atoms with van der Waals surface area (Å²) in [5.74, 6) is 1.76. The number of amides is 1. The van der Waals surface area contributed by atoms with E-state index in [0.717, 1.165) is 17.1 Å². The number of morpholine rings is 1. The van der Waals surface area contributed by atoms with Crippen LogP contribution in [0.5, 0.6) is 0 Å². The lowest BCUT2D eigenvalue weighted by Gasteiger charge is -2.33. The number of ether oxygens (including phenoxy) is 1. The highest BCUT2D eigenvalue weighted by molar-refractivity contribution is 5.84. The summed E-state index contributed by atoms with van der Waals surface area (Å²) in [6.07, 6.45) is -0.297. The minimum Gasteiger partial charge on any atom is -0.366 e. The molecule has 1 aliphatic rings. The Morgan fingerprint density at radius 2 is 2.17 bits per heavy atom. The molecule has 1 amide bonds. The van der Waals surface area contributed by atoms with E-state index in [4.69, 9.17) is 9.26 Å². The third-order valence-corrected chi connectivity index (χ3v) is 4.17. The van der Waals surface area contributed by atoms with Crippen LogP contribution < -0.4 is 0 Å². The smallest absolute Gasteiger partial charge is 0.230 e. The zero-order valence-corrected chi connectivity index (χ0v) is 13.8. The van der Waals surface area contributed by atoms with E-state index in [-0.39, 0.29) is 17.9 Å². The summed E-state index contributed by atoms with van der Waals surface area (Å²) < 4.78 is 10.9. The molecule has 0 aliphatic carbocycles. The van der Waals surface area contributed by atoms with E-state index in [0.29, 0.717) is 31.3 Å². The van der Waals surface area contributed by atoms with Gasteiger partial charge < -0.3 is 14.2 Å².